The molecule has 0 bridgehead atoms. The van der Waals surface area contributed by atoms with Gasteiger partial charge in [0.05, 0.1) is 40.9 Å². The molecule has 2 aliphatic heterocycles. The Bertz CT molecular complexity index is 4330. The molecule has 0 radical (unpaired) electrons. The van der Waals surface area contributed by atoms with E-state index in [9.17, 15) is 58.4 Å². The van der Waals surface area contributed by atoms with Crippen LogP contribution in [-0.4, -0.2) is 112 Å². The number of H-pyrrole nitrogens is 1. The number of aromatic amines is 1. The van der Waals surface area contributed by atoms with Gasteiger partial charge in [-0.1, -0.05) is 55.8 Å². The maximum atomic E-state index is 13.5. The van der Waals surface area contributed by atoms with Crippen molar-refractivity contribution in [3.63, 3.8) is 0 Å². The first kappa shape index (κ1) is 65.1. The number of rotatable bonds is 25. The summed E-state index contributed by atoms with van der Waals surface area (Å²) >= 11 is 0. The van der Waals surface area contributed by atoms with E-state index in [0.29, 0.717) is 78.3 Å². The van der Waals surface area contributed by atoms with Gasteiger partial charge in [0, 0.05) is 71.2 Å². The summed E-state index contributed by atoms with van der Waals surface area (Å²) in [5.41, 5.74) is 15.0. The number of allylic oxidation sites excluding steroid dienone is 7. The molecule has 6 aromatic rings. The number of fused-ring (bicyclic) bond motifs is 3. The quantitative estimate of drug-likeness (QED) is 0.0150. The Labute approximate surface area is 517 Å². The first-order valence-electron chi connectivity index (χ1n) is 29.1. The third kappa shape index (κ3) is 16.1. The summed E-state index contributed by atoms with van der Waals surface area (Å²) in [5, 5.41) is 16.2. The molecule has 9 N–H and O–H groups in total. The summed E-state index contributed by atoms with van der Waals surface area (Å²) in [5.74, 6) is -2.06. The molecule has 3 aliphatic rings. The zero-order chi connectivity index (χ0) is 64.2. The van der Waals surface area contributed by atoms with Crippen LogP contribution in [0.15, 0.2) is 149 Å². The summed E-state index contributed by atoms with van der Waals surface area (Å²) < 4.78 is 109. The van der Waals surface area contributed by atoms with Gasteiger partial charge >= 0.3 is 5.97 Å². The second-order valence-corrected chi connectivity index (χ2v) is 28.3. The molecule has 22 nitrogen and oxygen atoms in total. The highest BCUT2D eigenvalue weighted by Gasteiger charge is 2.45. The number of aryl methyl sites for hydroxylation is 1. The van der Waals surface area contributed by atoms with E-state index in [4.69, 9.17) is 10.5 Å². The van der Waals surface area contributed by atoms with E-state index < -0.39 is 76.2 Å². The zero-order valence-electron chi connectivity index (χ0n) is 50.0. The Morgan fingerprint density at radius 2 is 1.51 bits per heavy atom. The number of carboxylic acid groups (broad SMARTS) is 1. The van der Waals surface area contributed by atoms with E-state index in [2.05, 4.69) is 67.1 Å². The van der Waals surface area contributed by atoms with E-state index in [0.717, 1.165) is 57.0 Å². The van der Waals surface area contributed by atoms with Crippen LogP contribution in [0.25, 0.3) is 11.0 Å². The zero-order valence-corrected chi connectivity index (χ0v) is 52.4. The number of carbonyl (C=O) groups is 2. The van der Waals surface area contributed by atoms with Gasteiger partial charge in [-0.25, -0.2) is 9.78 Å². The number of aliphatic carboxylic acids is 1. The number of benzene rings is 4. The molecule has 25 heteroatoms. The number of nitrogens with one attached hydrogen (secondary N) is 3. The van der Waals surface area contributed by atoms with Crippen LogP contribution in [0.4, 0.5) is 22.9 Å². The normalized spacial score (nSPS) is 17.0. The van der Waals surface area contributed by atoms with Gasteiger partial charge in [0.1, 0.15) is 35.7 Å². The number of anilines is 3. The number of nitrogen functional groups attached to an aromatic ring is 1. The summed E-state index contributed by atoms with van der Waals surface area (Å²) in [7, 11) is -12.7. The van der Waals surface area contributed by atoms with Crippen LogP contribution in [0.1, 0.15) is 117 Å². The van der Waals surface area contributed by atoms with Crippen LogP contribution in [-0.2, 0) is 64.7 Å². The number of unbranched alkanes of at least 4 members (excludes halogenated alkanes) is 2. The third-order valence-electron chi connectivity index (χ3n) is 16.2. The molecule has 4 heterocycles. The lowest BCUT2D eigenvalue weighted by Crippen LogP contribution is -2.42. The highest BCUT2D eigenvalue weighted by molar-refractivity contribution is 7.86. The lowest BCUT2D eigenvalue weighted by Gasteiger charge is -2.27. The number of carboxylic acids is 1. The Hall–Kier alpha value is -8.33. The van der Waals surface area contributed by atoms with Crippen LogP contribution in [0.5, 0.6) is 5.75 Å². The third-order valence-corrected chi connectivity index (χ3v) is 18.5. The Kier molecular flexibility index (Phi) is 19.3. The first-order valence-corrected chi connectivity index (χ1v) is 33.9. The maximum absolute atomic E-state index is 13.5. The Morgan fingerprint density at radius 3 is 2.19 bits per heavy atom. The van der Waals surface area contributed by atoms with Crippen LogP contribution >= 0.6 is 0 Å². The molecule has 1 amide bonds. The minimum Gasteiger partial charge on any atom is -0.480 e. The van der Waals surface area contributed by atoms with Crippen LogP contribution < -0.4 is 31.6 Å². The van der Waals surface area contributed by atoms with Crippen molar-refractivity contribution in [3.05, 3.63) is 194 Å². The van der Waals surface area contributed by atoms with Crippen molar-refractivity contribution in [1.82, 2.24) is 20.3 Å². The van der Waals surface area contributed by atoms with Crippen molar-refractivity contribution in [3.8, 4) is 5.75 Å². The average molecular weight is 1270 g/mol. The second kappa shape index (κ2) is 26.4. The molecule has 1 atom stereocenters. The van der Waals surface area contributed by atoms with Crippen molar-refractivity contribution in [2.24, 2.45) is 0 Å². The molecule has 0 spiro atoms. The molecule has 2 aromatic heterocycles. The van der Waals surface area contributed by atoms with Crippen molar-refractivity contribution >= 4 is 81.9 Å². The number of nitrogens with zero attached hydrogens (tertiary/aromatic N) is 4. The van der Waals surface area contributed by atoms with E-state index in [1.54, 1.807) is 66.7 Å². The van der Waals surface area contributed by atoms with Gasteiger partial charge in [-0.05, 0) is 148 Å². The van der Waals surface area contributed by atoms with E-state index in [-0.39, 0.29) is 48.5 Å². The molecule has 9 rings (SSSR count). The molecule has 1 aliphatic carbocycles. The summed E-state index contributed by atoms with van der Waals surface area (Å²) in [6.45, 7) is 11.4. The van der Waals surface area contributed by atoms with E-state index in [1.807, 2.05) is 45.1 Å². The predicted molar refractivity (Wildman–Crippen MR) is 342 cm³/mol. The smallest absolute Gasteiger partial charge is 0.326 e. The van der Waals surface area contributed by atoms with E-state index >= 15 is 0 Å². The monoisotopic (exact) mass is 1270 g/mol. The topological polar surface area (TPSA) is 342 Å². The molecular formula is C64H73N8O14S3+. The van der Waals surface area contributed by atoms with E-state index in [1.165, 1.54) is 12.3 Å². The summed E-state index contributed by atoms with van der Waals surface area (Å²) in [6.07, 6.45) is 12.8. The number of nitrogens with two attached hydrogens (primary N) is 1. The fourth-order valence-corrected chi connectivity index (χ4v) is 13.4. The van der Waals surface area contributed by atoms with Crippen LogP contribution in [0.3, 0.4) is 0 Å². The minimum absolute atomic E-state index is 0.0664. The lowest BCUT2D eigenvalue weighted by atomic mass is 9.80. The number of amides is 1. The van der Waals surface area contributed by atoms with Gasteiger partial charge in [-0.2, -0.15) is 29.8 Å². The highest BCUT2D eigenvalue weighted by atomic mass is 32.2. The summed E-state index contributed by atoms with van der Waals surface area (Å²) in [4.78, 5) is 52.0. The number of aromatic nitrogens is 3. The van der Waals surface area contributed by atoms with Gasteiger partial charge in [-0.15, -0.1) is 0 Å². The highest BCUT2D eigenvalue weighted by Crippen LogP contribution is 2.49. The molecule has 0 saturated heterocycles. The van der Waals surface area contributed by atoms with Gasteiger partial charge in [0.25, 0.3) is 41.8 Å². The number of hydrogen-bond acceptors (Lipinski definition) is 15. The SMILES string of the molecule is Cc1ccc2c(c1)C(C)(C)/C(=C\C=C1/CCCC(/C=C/C3=[N+](CCCCS(=O)(=O)O)c4ccc(CS(=O)(=O)O)cc4C3(C)C)=C1Oc1ccc(C[C@H](NC(=O)c3ccc(NCc4cnc5cc(N)[nH]c(=O)c5n4)cc3)C(=O)O)cc1)N2CCCCS(=O)(=O)O. The number of ether oxygens (including phenoxy) is 1. The molecule has 89 heavy (non-hydrogen) atoms. The van der Waals surface area contributed by atoms with Gasteiger partial charge in [-0.3, -0.25) is 28.2 Å². The molecule has 0 saturated carbocycles. The molecule has 4 aromatic carbocycles. The van der Waals surface area contributed by atoms with Crippen molar-refractivity contribution in [1.29, 1.82) is 0 Å². The maximum Gasteiger partial charge on any atom is 0.326 e. The fourth-order valence-electron chi connectivity index (χ4n) is 11.7. The molecular weight excluding hydrogens is 1200 g/mol. The molecule has 0 fully saturated rings. The number of hydrogen-bond donors (Lipinski definition) is 8. The van der Waals surface area contributed by atoms with Gasteiger partial charge in [0.2, 0.25) is 5.69 Å². The Balaban J connectivity index is 1.01. The van der Waals surface area contributed by atoms with Gasteiger partial charge in [0.15, 0.2) is 11.2 Å². The minimum atomic E-state index is -4.36. The summed E-state index contributed by atoms with van der Waals surface area (Å²) in [6, 6.07) is 25.0. The Morgan fingerprint density at radius 1 is 0.809 bits per heavy atom. The lowest BCUT2D eigenvalue weighted by molar-refractivity contribution is -0.438. The second-order valence-electron chi connectivity index (χ2n) is 23.7. The predicted octanol–water partition coefficient (Wildman–Crippen LogP) is 9.03. The van der Waals surface area contributed by atoms with Crippen molar-refractivity contribution in [2.45, 2.75) is 115 Å². The average Bonchev–Trinajstić information content (AvgIpc) is 1.61. The molecule has 470 valence electrons. The van der Waals surface area contributed by atoms with Crippen LogP contribution in [0.2, 0.25) is 0 Å². The largest absolute Gasteiger partial charge is 0.480 e. The standard InChI is InChI=1S/C64H72N8O14S3/c1-40-13-25-53-49(33-40)63(2,3)55(71(53)29-6-8-31-87(77,78)79)27-19-43-11-10-12-44(20-28-56-64(4,5)50-34-42(39-89(83,84)85)16-26-54(50)72(56)30-7-9-32-88(80,81)82)59(43)86-48-23-14-41(15-24-48)35-52(62(75)76)69-60(73)45-17-21-46(22-18-45)66-37-47-38-67-51-36-57(65)70-61(74)58(51)68-47/h13-28,33-34,36,38,52H,6-12,29-32,35,37,39H2,1-5H3,(H8-,65,66,67,69,70,73,74,75,76,77,78,79,80,81,82,83,84,85)/p+1/t52-/m0/s1. The molecule has 0 unspecified atom stereocenters. The van der Waals surface area contributed by atoms with Gasteiger partial charge < -0.3 is 36.1 Å². The van der Waals surface area contributed by atoms with Crippen molar-refractivity contribution < 1.29 is 62.9 Å². The fraction of sp³-hybridized carbons (Fsp3) is 0.344. The van der Waals surface area contributed by atoms with Crippen molar-refractivity contribution in [2.75, 3.05) is 40.5 Å². The van der Waals surface area contributed by atoms with Crippen LogP contribution in [0, 0.1) is 6.92 Å². The number of carbonyl (C=O) groups excluding carboxylic acids is 1. The first-order chi connectivity index (χ1) is 41.9. The number of pyridine rings is 1.